The summed E-state index contributed by atoms with van der Waals surface area (Å²) in [5.74, 6) is 1.02. The summed E-state index contributed by atoms with van der Waals surface area (Å²) in [5.41, 5.74) is 1.50. The lowest BCUT2D eigenvalue weighted by Gasteiger charge is -2.67. The summed E-state index contributed by atoms with van der Waals surface area (Å²) >= 11 is 0. The third-order valence-corrected chi connectivity index (χ3v) is 12.8. The van der Waals surface area contributed by atoms with E-state index in [4.69, 9.17) is 14.2 Å². The average Bonchev–Trinajstić information content (AvgIpc) is 3.10. The highest BCUT2D eigenvalue weighted by atomic mass is 16.6. The van der Waals surface area contributed by atoms with E-state index in [-0.39, 0.29) is 53.0 Å². The first-order chi connectivity index (χ1) is 19.4. The smallest absolute Gasteiger partial charge is 0.302 e. The molecule has 0 aromatic carbocycles. The van der Waals surface area contributed by atoms with E-state index < -0.39 is 10.8 Å². The molecule has 0 spiro atoms. The van der Waals surface area contributed by atoms with Gasteiger partial charge in [-0.05, 0) is 60.7 Å². The van der Waals surface area contributed by atoms with Gasteiger partial charge in [0.15, 0.2) is 0 Å². The second-order valence-corrected chi connectivity index (χ2v) is 16.0. The third kappa shape index (κ3) is 5.36. The topological polar surface area (TPSA) is 78.9 Å². The molecule has 0 aliphatic heterocycles. The third-order valence-electron chi connectivity index (χ3n) is 12.8. The molecule has 0 unspecified atom stereocenters. The molecule has 4 aliphatic carbocycles. The Kier molecular flexibility index (Phi) is 9.11. The van der Waals surface area contributed by atoms with Crippen molar-refractivity contribution in [1.82, 2.24) is 0 Å². The molecule has 4 aliphatic rings. The molecule has 0 aromatic rings. The first kappa shape index (κ1) is 33.1. The number of carbonyl (C=O) groups excluding carboxylic acids is 3. The van der Waals surface area contributed by atoms with Crippen molar-refractivity contribution in [3.63, 3.8) is 0 Å². The molecular weight excluding hydrogens is 528 g/mol. The summed E-state index contributed by atoms with van der Waals surface area (Å²) in [6.07, 6.45) is 8.00. The van der Waals surface area contributed by atoms with Crippen molar-refractivity contribution in [3.8, 4) is 0 Å². The molecule has 0 N–H and O–H groups in total. The fourth-order valence-corrected chi connectivity index (χ4v) is 10.7. The molecule has 0 radical (unpaired) electrons. The lowest BCUT2D eigenvalue weighted by atomic mass is 9.39. The van der Waals surface area contributed by atoms with Crippen LogP contribution in [0.4, 0.5) is 0 Å². The van der Waals surface area contributed by atoms with Crippen molar-refractivity contribution in [2.24, 2.45) is 45.3 Å². The summed E-state index contributed by atoms with van der Waals surface area (Å²) < 4.78 is 18.6. The number of ether oxygens (including phenoxy) is 3. The van der Waals surface area contributed by atoms with Crippen molar-refractivity contribution < 1.29 is 28.6 Å². The standard InChI is InChI=1S/C36H58O6/c1-21(2)13-12-14-22(3)26-17-18-34(9)32-29(40-23(4)37)19-28-27(15-16-30(33(28,7)8)41-24(5)38)36(32,11)31(42-25(6)39)20-35(26,34)10/h21-22,26,29-32H,12-20H2,1-11H3/t22-,26-,29-,30+,31+,32+,34+,35-,36-/m1/s1. The number of rotatable bonds is 8. The Morgan fingerprint density at radius 1 is 0.786 bits per heavy atom. The molecule has 0 aromatic heterocycles. The maximum atomic E-state index is 12.8. The number of carbonyl (C=O) groups is 3. The molecule has 6 nitrogen and oxygen atoms in total. The first-order valence-electron chi connectivity index (χ1n) is 16.6. The van der Waals surface area contributed by atoms with Crippen molar-refractivity contribution in [1.29, 1.82) is 0 Å². The van der Waals surface area contributed by atoms with E-state index in [1.54, 1.807) is 0 Å². The molecule has 9 atom stereocenters. The summed E-state index contributed by atoms with van der Waals surface area (Å²) in [6, 6.07) is 0. The van der Waals surface area contributed by atoms with E-state index in [0.717, 1.165) is 32.1 Å². The summed E-state index contributed by atoms with van der Waals surface area (Å²) in [5, 5.41) is 0. The highest BCUT2D eigenvalue weighted by molar-refractivity contribution is 5.67. The normalized spacial score (nSPS) is 39.6. The van der Waals surface area contributed by atoms with Crippen LogP contribution in [0.1, 0.15) is 134 Å². The molecule has 238 valence electrons. The molecule has 2 fully saturated rings. The Labute approximate surface area is 255 Å². The Balaban J connectivity index is 1.86. The lowest BCUT2D eigenvalue weighted by Crippen LogP contribution is -2.67. The second-order valence-electron chi connectivity index (χ2n) is 16.0. The molecule has 0 saturated heterocycles. The van der Waals surface area contributed by atoms with E-state index in [1.165, 1.54) is 51.2 Å². The number of esters is 3. The Bertz CT molecular complexity index is 1100. The van der Waals surface area contributed by atoms with Gasteiger partial charge < -0.3 is 14.2 Å². The molecule has 6 heteroatoms. The molecule has 0 amide bonds. The summed E-state index contributed by atoms with van der Waals surface area (Å²) in [6.45, 7) is 23.1. The molecule has 2 saturated carbocycles. The Morgan fingerprint density at radius 3 is 1.95 bits per heavy atom. The van der Waals surface area contributed by atoms with Crippen LogP contribution in [0.3, 0.4) is 0 Å². The van der Waals surface area contributed by atoms with Crippen molar-refractivity contribution in [3.05, 3.63) is 11.1 Å². The molecule has 42 heavy (non-hydrogen) atoms. The maximum absolute atomic E-state index is 12.8. The van der Waals surface area contributed by atoms with Crippen molar-refractivity contribution >= 4 is 17.9 Å². The SMILES string of the molecule is CC(=O)O[C@H]1CCC2=C(C[C@@H](OC(C)=O)[C@@H]3[C@@]2(C)[C@@H](OC(C)=O)C[C@]2(C)[C@@H]([C@H](C)CCCC(C)C)CC[C@@]32C)C1(C)C. The van der Waals surface area contributed by atoms with E-state index in [2.05, 4.69) is 55.4 Å². The minimum absolute atomic E-state index is 0.0182. The van der Waals surface area contributed by atoms with Crippen LogP contribution in [-0.4, -0.2) is 36.2 Å². The van der Waals surface area contributed by atoms with E-state index in [0.29, 0.717) is 24.2 Å². The van der Waals surface area contributed by atoms with Crippen LogP contribution in [0, 0.1) is 45.3 Å². The van der Waals surface area contributed by atoms with Crippen molar-refractivity contribution in [2.45, 2.75) is 152 Å². The zero-order valence-electron chi connectivity index (χ0n) is 28.4. The fourth-order valence-electron chi connectivity index (χ4n) is 10.7. The highest BCUT2D eigenvalue weighted by Crippen LogP contribution is 2.75. The predicted octanol–water partition coefficient (Wildman–Crippen LogP) is 8.21. The number of hydrogen-bond acceptors (Lipinski definition) is 6. The van der Waals surface area contributed by atoms with Gasteiger partial charge in [-0.1, -0.05) is 85.8 Å². The van der Waals surface area contributed by atoms with Gasteiger partial charge in [0, 0.05) is 43.9 Å². The zero-order chi connectivity index (χ0) is 31.4. The van der Waals surface area contributed by atoms with Crippen LogP contribution < -0.4 is 0 Å². The minimum Gasteiger partial charge on any atom is -0.462 e. The number of fused-ring (bicyclic) bond motifs is 4. The van der Waals surface area contributed by atoms with Gasteiger partial charge in [0.1, 0.15) is 18.3 Å². The van der Waals surface area contributed by atoms with Crippen molar-refractivity contribution in [2.75, 3.05) is 0 Å². The molecule has 0 bridgehead atoms. The molecular formula is C36H58O6. The zero-order valence-corrected chi connectivity index (χ0v) is 28.4. The van der Waals surface area contributed by atoms with Gasteiger partial charge >= 0.3 is 17.9 Å². The van der Waals surface area contributed by atoms with E-state index in [9.17, 15) is 14.4 Å². The minimum atomic E-state index is -0.484. The predicted molar refractivity (Wildman–Crippen MR) is 164 cm³/mol. The molecule has 0 heterocycles. The Hall–Kier alpha value is -1.85. The van der Waals surface area contributed by atoms with Gasteiger partial charge in [-0.3, -0.25) is 14.4 Å². The van der Waals surface area contributed by atoms with Crippen LogP contribution in [0.25, 0.3) is 0 Å². The van der Waals surface area contributed by atoms with Gasteiger partial charge in [0.2, 0.25) is 0 Å². The van der Waals surface area contributed by atoms with Gasteiger partial charge in [-0.15, -0.1) is 0 Å². The van der Waals surface area contributed by atoms with Crippen LogP contribution in [0.2, 0.25) is 0 Å². The highest BCUT2D eigenvalue weighted by Gasteiger charge is 2.72. The van der Waals surface area contributed by atoms with Crippen LogP contribution >= 0.6 is 0 Å². The van der Waals surface area contributed by atoms with Gasteiger partial charge in [0.25, 0.3) is 0 Å². The van der Waals surface area contributed by atoms with Crippen LogP contribution in [-0.2, 0) is 28.6 Å². The van der Waals surface area contributed by atoms with Gasteiger partial charge in [-0.25, -0.2) is 0 Å². The average molecular weight is 587 g/mol. The van der Waals surface area contributed by atoms with E-state index in [1.807, 2.05) is 0 Å². The Morgan fingerprint density at radius 2 is 1.38 bits per heavy atom. The first-order valence-corrected chi connectivity index (χ1v) is 16.6. The monoisotopic (exact) mass is 586 g/mol. The molecule has 4 rings (SSSR count). The van der Waals surface area contributed by atoms with Gasteiger partial charge in [-0.2, -0.15) is 0 Å². The van der Waals surface area contributed by atoms with Crippen LogP contribution in [0.15, 0.2) is 11.1 Å². The quantitative estimate of drug-likeness (QED) is 0.162. The summed E-state index contributed by atoms with van der Waals surface area (Å²) in [4.78, 5) is 37.5. The van der Waals surface area contributed by atoms with E-state index >= 15 is 0 Å². The van der Waals surface area contributed by atoms with Gasteiger partial charge in [0.05, 0.1) is 0 Å². The number of hydrogen-bond donors (Lipinski definition) is 0. The van der Waals surface area contributed by atoms with Crippen LogP contribution in [0.5, 0.6) is 0 Å². The fraction of sp³-hybridized carbons (Fsp3) is 0.861. The second kappa shape index (κ2) is 11.6. The lowest BCUT2D eigenvalue weighted by molar-refractivity contribution is -0.223. The largest absolute Gasteiger partial charge is 0.462 e. The maximum Gasteiger partial charge on any atom is 0.302 e. The summed E-state index contributed by atoms with van der Waals surface area (Å²) in [7, 11) is 0.